The number of aliphatic carboxylic acids is 1. The predicted octanol–water partition coefficient (Wildman–Crippen LogP) is 1.54. The molecule has 3 N–H and O–H groups in total. The van der Waals surface area contributed by atoms with E-state index in [2.05, 4.69) is 5.32 Å². The highest BCUT2D eigenvalue weighted by atomic mass is 16.5. The van der Waals surface area contributed by atoms with E-state index in [1.54, 1.807) is 18.2 Å². The lowest BCUT2D eigenvalue weighted by Gasteiger charge is -2.12. The van der Waals surface area contributed by atoms with Crippen molar-refractivity contribution in [1.29, 1.82) is 5.41 Å². The summed E-state index contributed by atoms with van der Waals surface area (Å²) in [5, 5.41) is 19.1. The molecule has 6 nitrogen and oxygen atoms in total. The largest absolute Gasteiger partial charge is 0.494 e. The van der Waals surface area contributed by atoms with Gasteiger partial charge in [-0.05, 0) is 25.1 Å². The van der Waals surface area contributed by atoms with Crippen LogP contribution in [0.25, 0.3) is 0 Å². The molecule has 19 heavy (non-hydrogen) atoms. The summed E-state index contributed by atoms with van der Waals surface area (Å²) < 4.78 is 5.30. The van der Waals surface area contributed by atoms with E-state index >= 15 is 0 Å². The van der Waals surface area contributed by atoms with E-state index in [0.717, 1.165) is 0 Å². The molecule has 0 saturated heterocycles. The third kappa shape index (κ3) is 4.09. The lowest BCUT2D eigenvalue weighted by atomic mass is 10.0. The first kappa shape index (κ1) is 14.7. The number of hydrogen-bond acceptors (Lipinski definition) is 5. The number of Topliss-reactive ketones (excluding diaryl/α,β-unsaturated/α-hetero) is 1. The smallest absolute Gasteiger partial charge is 0.322 e. The summed E-state index contributed by atoms with van der Waals surface area (Å²) in [6.45, 7) is 3.30. The number of carbonyl (C=O) groups excluding carboxylic acids is 1. The second-order valence-electron chi connectivity index (χ2n) is 3.82. The number of carboxylic acids is 1. The maximum atomic E-state index is 11.3. The Labute approximate surface area is 110 Å². The molecular formula is C13H16N2O4. The number of rotatable bonds is 7. The maximum absolute atomic E-state index is 11.3. The van der Waals surface area contributed by atoms with Crippen molar-refractivity contribution in [3.63, 3.8) is 0 Å². The van der Waals surface area contributed by atoms with Gasteiger partial charge in [0.15, 0.2) is 5.78 Å². The minimum atomic E-state index is -1.02. The van der Waals surface area contributed by atoms with Crippen LogP contribution in [0.4, 0.5) is 5.69 Å². The molecule has 0 radical (unpaired) electrons. The Morgan fingerprint density at radius 3 is 2.63 bits per heavy atom. The van der Waals surface area contributed by atoms with Gasteiger partial charge in [-0.25, -0.2) is 0 Å². The van der Waals surface area contributed by atoms with Gasteiger partial charge in [0.2, 0.25) is 0 Å². The highest BCUT2D eigenvalue weighted by Gasteiger charge is 2.14. The average Bonchev–Trinajstić information content (AvgIpc) is 2.36. The first-order valence-electron chi connectivity index (χ1n) is 5.78. The van der Waals surface area contributed by atoms with Crippen LogP contribution < -0.4 is 10.1 Å². The first-order valence-corrected chi connectivity index (χ1v) is 5.78. The average molecular weight is 264 g/mol. The molecule has 1 aromatic rings. The molecule has 0 heterocycles. The van der Waals surface area contributed by atoms with Crippen molar-refractivity contribution in [1.82, 2.24) is 0 Å². The summed E-state index contributed by atoms with van der Waals surface area (Å²) in [6.07, 6.45) is 0. The zero-order valence-corrected chi connectivity index (χ0v) is 10.8. The van der Waals surface area contributed by atoms with Gasteiger partial charge in [0.1, 0.15) is 18.0 Å². The highest BCUT2D eigenvalue weighted by Crippen LogP contribution is 2.23. The van der Waals surface area contributed by atoms with Crippen LogP contribution in [-0.2, 0) is 9.59 Å². The first-order chi connectivity index (χ1) is 8.95. The minimum Gasteiger partial charge on any atom is -0.494 e. The quantitative estimate of drug-likeness (QED) is 0.649. The molecule has 0 unspecified atom stereocenters. The van der Waals surface area contributed by atoms with E-state index in [1.807, 2.05) is 6.92 Å². The van der Waals surface area contributed by atoms with Gasteiger partial charge < -0.3 is 15.2 Å². The number of ketones is 1. The fourth-order valence-electron chi connectivity index (χ4n) is 1.50. The number of carbonyl (C=O) groups is 2. The number of anilines is 1. The Balaban J connectivity index is 3.10. The van der Waals surface area contributed by atoms with Crippen LogP contribution >= 0.6 is 0 Å². The normalized spacial score (nSPS) is 9.79. The van der Waals surface area contributed by atoms with Gasteiger partial charge in [0, 0.05) is 18.2 Å². The Morgan fingerprint density at radius 1 is 1.42 bits per heavy atom. The van der Waals surface area contributed by atoms with Crippen molar-refractivity contribution in [2.24, 2.45) is 0 Å². The summed E-state index contributed by atoms with van der Waals surface area (Å²) in [5.74, 6) is -0.884. The van der Waals surface area contributed by atoms with Crippen LogP contribution in [0.2, 0.25) is 0 Å². The molecule has 0 aliphatic rings. The van der Waals surface area contributed by atoms with Gasteiger partial charge in [-0.15, -0.1) is 0 Å². The summed E-state index contributed by atoms with van der Waals surface area (Å²) in [7, 11) is 0. The lowest BCUT2D eigenvalue weighted by Crippen LogP contribution is -2.17. The van der Waals surface area contributed by atoms with Crippen molar-refractivity contribution in [3.8, 4) is 5.75 Å². The second-order valence-corrected chi connectivity index (χ2v) is 3.82. The number of hydrogen-bond donors (Lipinski definition) is 3. The Bertz CT molecular complexity index is 511. The van der Waals surface area contributed by atoms with Gasteiger partial charge >= 0.3 is 5.97 Å². The van der Waals surface area contributed by atoms with E-state index < -0.39 is 11.8 Å². The molecule has 0 aliphatic heterocycles. The van der Waals surface area contributed by atoms with Crippen molar-refractivity contribution in [2.45, 2.75) is 13.8 Å². The van der Waals surface area contributed by atoms with E-state index in [1.165, 1.54) is 6.92 Å². The summed E-state index contributed by atoms with van der Waals surface area (Å²) in [5.41, 5.74) is 0.570. The SMILES string of the molecule is CCOc1ccc(NCC(=O)O)c(C(=N)C(C)=O)c1. The van der Waals surface area contributed by atoms with Gasteiger partial charge in [-0.3, -0.25) is 15.0 Å². The molecule has 0 amide bonds. The monoisotopic (exact) mass is 264 g/mol. The van der Waals surface area contributed by atoms with Crippen LogP contribution in [0.5, 0.6) is 5.75 Å². The summed E-state index contributed by atoms with van der Waals surface area (Å²) >= 11 is 0. The number of carboxylic acid groups (broad SMARTS) is 1. The van der Waals surface area contributed by atoms with Crippen LogP contribution in [0, 0.1) is 5.41 Å². The molecule has 0 aliphatic carbocycles. The topological polar surface area (TPSA) is 99.5 Å². The van der Waals surface area contributed by atoms with Gasteiger partial charge in [-0.1, -0.05) is 0 Å². The van der Waals surface area contributed by atoms with E-state index in [9.17, 15) is 9.59 Å². The van der Waals surface area contributed by atoms with E-state index in [0.29, 0.717) is 23.6 Å². The Kier molecular flexibility index (Phi) is 5.05. The fourth-order valence-corrected chi connectivity index (χ4v) is 1.50. The van der Waals surface area contributed by atoms with Crippen molar-refractivity contribution >= 4 is 23.2 Å². The highest BCUT2D eigenvalue weighted by molar-refractivity contribution is 6.45. The van der Waals surface area contributed by atoms with Gasteiger partial charge in [0.25, 0.3) is 0 Å². The molecule has 102 valence electrons. The van der Waals surface area contributed by atoms with Crippen molar-refractivity contribution in [2.75, 3.05) is 18.5 Å². The molecule has 1 aromatic carbocycles. The van der Waals surface area contributed by atoms with E-state index in [4.69, 9.17) is 15.3 Å². The Hall–Kier alpha value is -2.37. The molecule has 0 atom stereocenters. The molecule has 6 heteroatoms. The predicted molar refractivity (Wildman–Crippen MR) is 71.2 cm³/mol. The third-order valence-electron chi connectivity index (χ3n) is 2.35. The standard InChI is InChI=1S/C13H16N2O4/c1-3-19-9-4-5-11(15-7-12(17)18)10(6-9)13(14)8(2)16/h4-6,14-15H,3,7H2,1-2H3,(H,17,18). The molecule has 0 fully saturated rings. The fraction of sp³-hybridized carbons (Fsp3) is 0.308. The van der Waals surface area contributed by atoms with Gasteiger partial charge in [-0.2, -0.15) is 0 Å². The van der Waals surface area contributed by atoms with E-state index in [-0.39, 0.29) is 12.3 Å². The van der Waals surface area contributed by atoms with Crippen LogP contribution in [-0.4, -0.2) is 35.7 Å². The zero-order chi connectivity index (χ0) is 14.4. The number of benzene rings is 1. The zero-order valence-electron chi connectivity index (χ0n) is 10.8. The number of nitrogens with one attached hydrogen (secondary N) is 2. The Morgan fingerprint density at radius 2 is 2.11 bits per heavy atom. The second kappa shape index (κ2) is 6.53. The van der Waals surface area contributed by atoms with Gasteiger partial charge in [0.05, 0.1) is 6.61 Å². The number of ether oxygens (including phenoxy) is 1. The van der Waals surface area contributed by atoms with Crippen LogP contribution in [0.15, 0.2) is 18.2 Å². The molecule has 1 rings (SSSR count). The minimum absolute atomic E-state index is 0.186. The molecular weight excluding hydrogens is 248 g/mol. The maximum Gasteiger partial charge on any atom is 0.322 e. The summed E-state index contributed by atoms with van der Waals surface area (Å²) in [4.78, 5) is 21.8. The molecule has 0 spiro atoms. The lowest BCUT2D eigenvalue weighted by molar-refractivity contribution is -0.134. The molecule has 0 aromatic heterocycles. The van der Waals surface area contributed by atoms with Crippen molar-refractivity contribution < 1.29 is 19.4 Å². The van der Waals surface area contributed by atoms with Crippen molar-refractivity contribution in [3.05, 3.63) is 23.8 Å². The van der Waals surface area contributed by atoms with Crippen LogP contribution in [0.1, 0.15) is 19.4 Å². The molecule has 0 bridgehead atoms. The summed E-state index contributed by atoms with van der Waals surface area (Å²) in [6, 6.07) is 4.81. The van der Waals surface area contributed by atoms with Crippen LogP contribution in [0.3, 0.4) is 0 Å². The third-order valence-corrected chi connectivity index (χ3v) is 2.35. The molecule has 0 saturated carbocycles.